The summed E-state index contributed by atoms with van der Waals surface area (Å²) < 4.78 is 5.50. The summed E-state index contributed by atoms with van der Waals surface area (Å²) in [6.45, 7) is 5.35. The molecule has 1 heterocycles. The fraction of sp³-hybridized carbons (Fsp3) is 0.533. The van der Waals surface area contributed by atoms with E-state index in [1.54, 1.807) is 4.90 Å². The van der Waals surface area contributed by atoms with Crippen LogP contribution in [0, 0.1) is 13.8 Å². The predicted molar refractivity (Wildman–Crippen MR) is 74.3 cm³/mol. The molecule has 0 saturated carbocycles. The molecule has 19 heavy (non-hydrogen) atoms. The standard InChI is InChI=1S/C15H21NO3/c1-11-5-6-13(10-12(11)2)16-7-9-19-14(15(16)18)4-3-8-17/h5-6,10,14,17H,3-4,7-9H2,1-2H3. The normalized spacial score (nSPS) is 19.8. The molecule has 1 amide bonds. The van der Waals surface area contributed by atoms with Crippen molar-refractivity contribution in [2.45, 2.75) is 32.8 Å². The average Bonchev–Trinajstić information content (AvgIpc) is 2.41. The quantitative estimate of drug-likeness (QED) is 0.901. The number of aryl methyl sites for hydroxylation is 2. The molecule has 1 unspecified atom stereocenters. The maximum Gasteiger partial charge on any atom is 0.256 e. The second-order valence-electron chi connectivity index (χ2n) is 4.98. The van der Waals surface area contributed by atoms with Gasteiger partial charge in [-0.05, 0) is 49.9 Å². The Bertz CT molecular complexity index is 459. The van der Waals surface area contributed by atoms with E-state index >= 15 is 0 Å². The molecule has 4 heteroatoms. The number of rotatable bonds is 4. The third-order valence-corrected chi connectivity index (χ3v) is 3.60. The van der Waals surface area contributed by atoms with E-state index in [2.05, 4.69) is 6.92 Å². The van der Waals surface area contributed by atoms with Gasteiger partial charge in [0.05, 0.1) is 6.61 Å². The number of ether oxygens (including phenoxy) is 1. The Morgan fingerprint density at radius 2 is 2.16 bits per heavy atom. The van der Waals surface area contributed by atoms with E-state index in [1.165, 1.54) is 11.1 Å². The third-order valence-electron chi connectivity index (χ3n) is 3.60. The highest BCUT2D eigenvalue weighted by atomic mass is 16.5. The van der Waals surface area contributed by atoms with Crippen LogP contribution in [0.25, 0.3) is 0 Å². The van der Waals surface area contributed by atoms with Crippen LogP contribution in [0.3, 0.4) is 0 Å². The molecule has 0 spiro atoms. The van der Waals surface area contributed by atoms with Crippen molar-refractivity contribution in [3.8, 4) is 0 Å². The van der Waals surface area contributed by atoms with Crippen LogP contribution in [0.4, 0.5) is 5.69 Å². The molecule has 1 fully saturated rings. The van der Waals surface area contributed by atoms with E-state index in [9.17, 15) is 4.79 Å². The highest BCUT2D eigenvalue weighted by molar-refractivity contribution is 5.97. The van der Waals surface area contributed by atoms with Gasteiger partial charge in [0.15, 0.2) is 0 Å². The van der Waals surface area contributed by atoms with Gasteiger partial charge >= 0.3 is 0 Å². The first-order valence-electron chi connectivity index (χ1n) is 6.74. The number of aliphatic hydroxyl groups excluding tert-OH is 1. The van der Waals surface area contributed by atoms with Crippen LogP contribution in [0.15, 0.2) is 18.2 Å². The lowest BCUT2D eigenvalue weighted by molar-refractivity contribution is -0.134. The zero-order chi connectivity index (χ0) is 13.8. The van der Waals surface area contributed by atoms with Gasteiger partial charge in [-0.2, -0.15) is 0 Å². The summed E-state index contributed by atoms with van der Waals surface area (Å²) in [4.78, 5) is 14.1. The molecule has 104 valence electrons. The Kier molecular flexibility index (Phi) is 4.56. The summed E-state index contributed by atoms with van der Waals surface area (Å²) in [7, 11) is 0. The molecule has 1 aliphatic rings. The van der Waals surface area contributed by atoms with Gasteiger partial charge in [-0.3, -0.25) is 4.79 Å². The summed E-state index contributed by atoms with van der Waals surface area (Å²) >= 11 is 0. The number of hydrogen-bond acceptors (Lipinski definition) is 3. The van der Waals surface area contributed by atoms with Crippen molar-refractivity contribution in [1.29, 1.82) is 0 Å². The molecule has 2 rings (SSSR count). The van der Waals surface area contributed by atoms with Crippen molar-refractivity contribution in [3.63, 3.8) is 0 Å². The van der Waals surface area contributed by atoms with Crippen LogP contribution >= 0.6 is 0 Å². The van der Waals surface area contributed by atoms with Gasteiger partial charge in [0.25, 0.3) is 5.91 Å². The second-order valence-corrected chi connectivity index (χ2v) is 4.98. The fourth-order valence-corrected chi connectivity index (χ4v) is 2.27. The Balaban J connectivity index is 2.14. The lowest BCUT2D eigenvalue weighted by Gasteiger charge is -2.32. The maximum atomic E-state index is 12.3. The second kappa shape index (κ2) is 6.17. The number of carbonyl (C=O) groups is 1. The van der Waals surface area contributed by atoms with E-state index in [4.69, 9.17) is 9.84 Å². The van der Waals surface area contributed by atoms with Gasteiger partial charge < -0.3 is 14.7 Å². The summed E-state index contributed by atoms with van der Waals surface area (Å²) in [6.07, 6.45) is 0.760. The van der Waals surface area contributed by atoms with Crippen LogP contribution < -0.4 is 4.90 Å². The minimum atomic E-state index is -0.414. The summed E-state index contributed by atoms with van der Waals surface area (Å²) in [6, 6.07) is 6.06. The van der Waals surface area contributed by atoms with Gasteiger partial charge in [-0.15, -0.1) is 0 Å². The molecule has 1 aromatic rings. The Labute approximate surface area is 114 Å². The fourth-order valence-electron chi connectivity index (χ4n) is 2.27. The number of amides is 1. The Hall–Kier alpha value is -1.39. The number of benzene rings is 1. The lowest BCUT2D eigenvalue weighted by Crippen LogP contribution is -2.48. The first-order valence-corrected chi connectivity index (χ1v) is 6.74. The number of morpholine rings is 1. The zero-order valence-electron chi connectivity index (χ0n) is 11.6. The molecule has 0 radical (unpaired) electrons. The van der Waals surface area contributed by atoms with Gasteiger partial charge in [0.2, 0.25) is 0 Å². The Morgan fingerprint density at radius 1 is 1.37 bits per heavy atom. The van der Waals surface area contributed by atoms with Gasteiger partial charge in [-0.25, -0.2) is 0 Å². The van der Waals surface area contributed by atoms with E-state index in [0.29, 0.717) is 26.0 Å². The van der Waals surface area contributed by atoms with Gasteiger partial charge in [-0.1, -0.05) is 6.07 Å². The third kappa shape index (κ3) is 3.14. The predicted octanol–water partition coefficient (Wildman–Crippen LogP) is 1.81. The smallest absolute Gasteiger partial charge is 0.256 e. The summed E-state index contributed by atoms with van der Waals surface area (Å²) in [5, 5.41) is 8.85. The number of nitrogens with zero attached hydrogens (tertiary/aromatic N) is 1. The van der Waals surface area contributed by atoms with Crippen molar-refractivity contribution in [3.05, 3.63) is 29.3 Å². The number of carbonyl (C=O) groups excluding carboxylic acids is 1. The first-order chi connectivity index (χ1) is 9.13. The summed E-state index contributed by atoms with van der Waals surface area (Å²) in [5.41, 5.74) is 3.34. The van der Waals surface area contributed by atoms with Crippen LogP contribution in [0.2, 0.25) is 0 Å². The van der Waals surface area contributed by atoms with E-state index in [0.717, 1.165) is 5.69 Å². The summed E-state index contributed by atoms with van der Waals surface area (Å²) in [5.74, 6) is 0.00273. The van der Waals surface area contributed by atoms with Crippen molar-refractivity contribution in [2.75, 3.05) is 24.7 Å². The number of hydrogen-bond donors (Lipinski definition) is 1. The minimum Gasteiger partial charge on any atom is -0.396 e. The molecule has 1 aromatic carbocycles. The van der Waals surface area contributed by atoms with E-state index < -0.39 is 6.10 Å². The molecular formula is C15H21NO3. The van der Waals surface area contributed by atoms with Crippen molar-refractivity contribution >= 4 is 11.6 Å². The minimum absolute atomic E-state index is 0.00273. The number of anilines is 1. The van der Waals surface area contributed by atoms with Crippen LogP contribution in [0.1, 0.15) is 24.0 Å². The van der Waals surface area contributed by atoms with Crippen LogP contribution in [-0.2, 0) is 9.53 Å². The largest absolute Gasteiger partial charge is 0.396 e. The molecule has 1 saturated heterocycles. The topological polar surface area (TPSA) is 49.8 Å². The van der Waals surface area contributed by atoms with Gasteiger partial charge in [0.1, 0.15) is 6.10 Å². The molecular weight excluding hydrogens is 242 g/mol. The van der Waals surface area contributed by atoms with E-state index in [-0.39, 0.29) is 12.5 Å². The molecule has 0 aliphatic carbocycles. The molecule has 1 aliphatic heterocycles. The first kappa shape index (κ1) is 14.0. The van der Waals surface area contributed by atoms with Crippen molar-refractivity contribution < 1.29 is 14.6 Å². The van der Waals surface area contributed by atoms with Gasteiger partial charge in [0, 0.05) is 18.8 Å². The molecule has 0 aromatic heterocycles. The van der Waals surface area contributed by atoms with Crippen molar-refractivity contribution in [1.82, 2.24) is 0 Å². The molecule has 4 nitrogen and oxygen atoms in total. The monoisotopic (exact) mass is 263 g/mol. The molecule has 1 atom stereocenters. The van der Waals surface area contributed by atoms with Crippen molar-refractivity contribution in [2.24, 2.45) is 0 Å². The van der Waals surface area contributed by atoms with Crippen LogP contribution in [-0.4, -0.2) is 36.9 Å². The highest BCUT2D eigenvalue weighted by Crippen LogP contribution is 2.23. The highest BCUT2D eigenvalue weighted by Gasteiger charge is 2.30. The molecule has 0 bridgehead atoms. The average molecular weight is 263 g/mol. The Morgan fingerprint density at radius 3 is 2.84 bits per heavy atom. The van der Waals surface area contributed by atoms with E-state index in [1.807, 2.05) is 25.1 Å². The van der Waals surface area contributed by atoms with Crippen LogP contribution in [0.5, 0.6) is 0 Å². The zero-order valence-corrected chi connectivity index (χ0v) is 11.6. The molecule has 1 N–H and O–H groups in total. The SMILES string of the molecule is Cc1ccc(N2CCOC(CCCO)C2=O)cc1C. The maximum absolute atomic E-state index is 12.3. The lowest BCUT2D eigenvalue weighted by atomic mass is 10.1. The number of aliphatic hydroxyl groups is 1.